The molecular weight excluding hydrogens is 298 g/mol. The van der Waals surface area contributed by atoms with Crippen LogP contribution in [0.4, 0.5) is 0 Å². The summed E-state index contributed by atoms with van der Waals surface area (Å²) >= 11 is 6.14. The average molecular weight is 318 g/mol. The van der Waals surface area contributed by atoms with E-state index in [1.807, 2.05) is 42.5 Å². The summed E-state index contributed by atoms with van der Waals surface area (Å²) in [4.78, 5) is 0. The minimum absolute atomic E-state index is 0.459. The van der Waals surface area contributed by atoms with Gasteiger partial charge in [0.25, 0.3) is 0 Å². The summed E-state index contributed by atoms with van der Waals surface area (Å²) in [6.45, 7) is 5.54. The van der Waals surface area contributed by atoms with Crippen molar-refractivity contribution in [3.05, 3.63) is 71.3 Å². The van der Waals surface area contributed by atoms with Crippen molar-refractivity contribution in [3.8, 4) is 11.5 Å². The molecule has 0 heterocycles. The molecule has 0 bridgehead atoms. The maximum absolute atomic E-state index is 6.14. The third kappa shape index (κ3) is 4.52. The molecule has 0 atom stereocenters. The second-order valence-electron chi connectivity index (χ2n) is 4.78. The van der Waals surface area contributed by atoms with E-state index < -0.39 is 0 Å². The van der Waals surface area contributed by atoms with Gasteiger partial charge in [-0.1, -0.05) is 48.5 Å². The first kappa shape index (κ1) is 16.4. The van der Waals surface area contributed by atoms with Crippen molar-refractivity contribution in [3.63, 3.8) is 0 Å². The topological polar surface area (TPSA) is 30.5 Å². The molecule has 0 saturated carbocycles. The highest BCUT2D eigenvalue weighted by Crippen LogP contribution is 2.28. The van der Waals surface area contributed by atoms with Gasteiger partial charge in [0.05, 0.1) is 7.11 Å². The Labute approximate surface area is 136 Å². The summed E-state index contributed by atoms with van der Waals surface area (Å²) in [6.07, 6.45) is 1.71. The molecule has 0 aliphatic heterocycles. The quantitative estimate of drug-likeness (QED) is 0.740. The predicted octanol–water partition coefficient (Wildman–Crippen LogP) is 4.20. The molecule has 2 rings (SSSR count). The van der Waals surface area contributed by atoms with Gasteiger partial charge in [-0.25, -0.2) is 0 Å². The Hall–Kier alpha value is -1.97. The minimum Gasteiger partial charge on any atom is -0.493 e. The Morgan fingerprint density at radius 1 is 1.14 bits per heavy atom. The van der Waals surface area contributed by atoms with Crippen LogP contribution >= 0.6 is 11.6 Å². The van der Waals surface area contributed by atoms with Gasteiger partial charge in [-0.2, -0.15) is 0 Å². The molecule has 2 aromatic carbocycles. The van der Waals surface area contributed by atoms with E-state index in [0.717, 1.165) is 40.7 Å². The van der Waals surface area contributed by atoms with Crippen LogP contribution in [0.5, 0.6) is 11.5 Å². The van der Waals surface area contributed by atoms with E-state index in [-0.39, 0.29) is 0 Å². The lowest BCUT2D eigenvalue weighted by Crippen LogP contribution is -2.13. The summed E-state index contributed by atoms with van der Waals surface area (Å²) in [5.74, 6) is 1.44. The second kappa shape index (κ2) is 8.47. The van der Waals surface area contributed by atoms with Gasteiger partial charge in [0.2, 0.25) is 0 Å². The molecule has 0 spiro atoms. The van der Waals surface area contributed by atoms with E-state index in [1.54, 1.807) is 13.2 Å². The second-order valence-corrected chi connectivity index (χ2v) is 5.19. The van der Waals surface area contributed by atoms with Crippen molar-refractivity contribution in [1.82, 2.24) is 5.32 Å². The highest BCUT2D eigenvalue weighted by Gasteiger charge is 2.05. The van der Waals surface area contributed by atoms with E-state index in [1.165, 1.54) is 0 Å². The summed E-state index contributed by atoms with van der Waals surface area (Å²) in [7, 11) is 1.64. The lowest BCUT2D eigenvalue weighted by Gasteiger charge is -2.12. The number of rotatable bonds is 8. The number of hydrogen-bond acceptors (Lipinski definition) is 3. The first-order valence-corrected chi connectivity index (χ1v) is 7.47. The van der Waals surface area contributed by atoms with Gasteiger partial charge in [-0.15, -0.1) is 0 Å². The molecule has 0 radical (unpaired) electrons. The monoisotopic (exact) mass is 317 g/mol. The van der Waals surface area contributed by atoms with Crippen LogP contribution in [0, 0.1) is 0 Å². The van der Waals surface area contributed by atoms with E-state index >= 15 is 0 Å². The highest BCUT2D eigenvalue weighted by atomic mass is 35.5. The Kier molecular flexibility index (Phi) is 6.31. The zero-order chi connectivity index (χ0) is 15.8. The standard InChI is InChI=1S/C18H20ClNO2/c1-3-10-22-17-9-8-14(11-18(17)21-2)12-20-13-15-6-4-5-7-16(15)19/h3-9,11,20H,1,10,12-13H2,2H3. The molecule has 0 aliphatic carbocycles. The Bertz CT molecular complexity index is 628. The van der Waals surface area contributed by atoms with Crippen molar-refractivity contribution in [1.29, 1.82) is 0 Å². The van der Waals surface area contributed by atoms with Gasteiger partial charge in [-0.3, -0.25) is 0 Å². The minimum atomic E-state index is 0.459. The zero-order valence-corrected chi connectivity index (χ0v) is 13.4. The molecule has 116 valence electrons. The third-order valence-electron chi connectivity index (χ3n) is 3.19. The van der Waals surface area contributed by atoms with E-state index in [4.69, 9.17) is 21.1 Å². The molecule has 0 aromatic heterocycles. The first-order valence-electron chi connectivity index (χ1n) is 7.09. The van der Waals surface area contributed by atoms with Gasteiger partial charge in [0, 0.05) is 18.1 Å². The highest BCUT2D eigenvalue weighted by molar-refractivity contribution is 6.31. The van der Waals surface area contributed by atoms with Crippen LogP contribution in [0.1, 0.15) is 11.1 Å². The van der Waals surface area contributed by atoms with Gasteiger partial charge in [0.15, 0.2) is 11.5 Å². The SMILES string of the molecule is C=CCOc1ccc(CNCc2ccccc2Cl)cc1OC. The molecule has 1 N–H and O–H groups in total. The summed E-state index contributed by atoms with van der Waals surface area (Å²) in [5, 5.41) is 4.15. The van der Waals surface area contributed by atoms with E-state index in [0.29, 0.717) is 6.61 Å². The molecule has 0 amide bonds. The van der Waals surface area contributed by atoms with Gasteiger partial charge in [-0.05, 0) is 29.3 Å². The maximum atomic E-state index is 6.14. The molecule has 0 aliphatic rings. The number of halogens is 1. The Morgan fingerprint density at radius 3 is 2.68 bits per heavy atom. The van der Waals surface area contributed by atoms with Gasteiger partial charge >= 0.3 is 0 Å². The fraction of sp³-hybridized carbons (Fsp3) is 0.222. The van der Waals surface area contributed by atoms with Crippen molar-refractivity contribution in [2.75, 3.05) is 13.7 Å². The Balaban J connectivity index is 1.95. The van der Waals surface area contributed by atoms with Crippen LogP contribution in [0.15, 0.2) is 55.1 Å². The average Bonchev–Trinajstić information content (AvgIpc) is 2.55. The summed E-state index contributed by atoms with van der Waals surface area (Å²) < 4.78 is 10.9. The van der Waals surface area contributed by atoms with Crippen LogP contribution in [0.2, 0.25) is 5.02 Å². The molecule has 0 saturated heterocycles. The largest absolute Gasteiger partial charge is 0.493 e. The van der Waals surface area contributed by atoms with Gasteiger partial charge in [0.1, 0.15) is 6.61 Å². The van der Waals surface area contributed by atoms with Gasteiger partial charge < -0.3 is 14.8 Å². The molecule has 3 nitrogen and oxygen atoms in total. The molecule has 2 aromatic rings. The molecule has 0 fully saturated rings. The number of ether oxygens (including phenoxy) is 2. The lowest BCUT2D eigenvalue weighted by atomic mass is 10.2. The van der Waals surface area contributed by atoms with E-state index in [2.05, 4.69) is 11.9 Å². The van der Waals surface area contributed by atoms with Crippen LogP contribution in [-0.4, -0.2) is 13.7 Å². The van der Waals surface area contributed by atoms with Crippen molar-refractivity contribution in [2.45, 2.75) is 13.1 Å². The van der Waals surface area contributed by atoms with Crippen LogP contribution in [0.25, 0.3) is 0 Å². The third-order valence-corrected chi connectivity index (χ3v) is 3.56. The van der Waals surface area contributed by atoms with Crippen LogP contribution in [-0.2, 0) is 13.1 Å². The number of methoxy groups -OCH3 is 1. The molecule has 0 unspecified atom stereocenters. The van der Waals surface area contributed by atoms with Crippen molar-refractivity contribution < 1.29 is 9.47 Å². The Morgan fingerprint density at radius 2 is 1.95 bits per heavy atom. The summed E-state index contributed by atoms with van der Waals surface area (Å²) in [5.41, 5.74) is 2.21. The fourth-order valence-corrected chi connectivity index (χ4v) is 2.28. The smallest absolute Gasteiger partial charge is 0.161 e. The summed E-state index contributed by atoms with van der Waals surface area (Å²) in [6, 6.07) is 13.7. The van der Waals surface area contributed by atoms with Crippen LogP contribution in [0.3, 0.4) is 0 Å². The van der Waals surface area contributed by atoms with Crippen LogP contribution < -0.4 is 14.8 Å². The van der Waals surface area contributed by atoms with Crippen molar-refractivity contribution >= 4 is 11.6 Å². The predicted molar refractivity (Wildman–Crippen MR) is 90.7 cm³/mol. The molecule has 22 heavy (non-hydrogen) atoms. The number of benzene rings is 2. The molecular formula is C18H20ClNO2. The number of hydrogen-bond donors (Lipinski definition) is 1. The first-order chi connectivity index (χ1) is 10.7. The zero-order valence-electron chi connectivity index (χ0n) is 12.6. The van der Waals surface area contributed by atoms with Crippen molar-refractivity contribution in [2.24, 2.45) is 0 Å². The van der Waals surface area contributed by atoms with E-state index in [9.17, 15) is 0 Å². The fourth-order valence-electron chi connectivity index (χ4n) is 2.07. The molecule has 4 heteroatoms. The maximum Gasteiger partial charge on any atom is 0.161 e. The lowest BCUT2D eigenvalue weighted by molar-refractivity contribution is 0.326. The normalized spacial score (nSPS) is 10.3. The number of nitrogens with one attached hydrogen (secondary N) is 1.